The van der Waals surface area contributed by atoms with Crippen molar-refractivity contribution in [3.05, 3.63) is 28.8 Å². The van der Waals surface area contributed by atoms with Gasteiger partial charge in [-0.3, -0.25) is 4.79 Å². The Labute approximate surface area is 174 Å². The second kappa shape index (κ2) is 9.40. The van der Waals surface area contributed by atoms with Crippen LogP contribution in [0.4, 0.5) is 0 Å². The van der Waals surface area contributed by atoms with E-state index in [2.05, 4.69) is 0 Å². The number of halogens is 1. The molecule has 2 fully saturated rings. The Kier molecular flexibility index (Phi) is 7.12. The average Bonchev–Trinajstić information content (AvgIpc) is 2.74. The fourth-order valence-corrected chi connectivity index (χ4v) is 4.70. The van der Waals surface area contributed by atoms with Crippen LogP contribution in [-0.4, -0.2) is 88.2 Å². The number of amides is 1. The second-order valence-corrected chi connectivity index (χ2v) is 8.99. The average molecular weight is 447 g/mol. The Morgan fingerprint density at radius 3 is 2.28 bits per heavy atom. The summed E-state index contributed by atoms with van der Waals surface area (Å²) in [5.41, 5.74) is -0.109. The van der Waals surface area contributed by atoms with Crippen molar-refractivity contribution in [1.29, 1.82) is 0 Å². The molecule has 0 N–H and O–H groups in total. The van der Waals surface area contributed by atoms with Gasteiger partial charge in [0, 0.05) is 26.2 Å². The van der Waals surface area contributed by atoms with Crippen LogP contribution in [-0.2, 0) is 29.0 Å². The van der Waals surface area contributed by atoms with E-state index in [9.17, 15) is 18.0 Å². The van der Waals surface area contributed by atoms with Crippen molar-refractivity contribution in [3.63, 3.8) is 0 Å². The summed E-state index contributed by atoms with van der Waals surface area (Å²) in [6.07, 6.45) is -1.03. The number of nitrogens with zero attached hydrogens (tertiary/aromatic N) is 2. The molecule has 160 valence electrons. The summed E-state index contributed by atoms with van der Waals surface area (Å²) in [7, 11) is -3.80. The predicted octanol–water partition coefficient (Wildman–Crippen LogP) is 0.765. The van der Waals surface area contributed by atoms with Crippen molar-refractivity contribution in [2.75, 3.05) is 52.6 Å². The van der Waals surface area contributed by atoms with E-state index in [1.54, 1.807) is 4.90 Å². The molecule has 11 heteroatoms. The SMILES string of the molecule is CC(OC(=O)c1cc(S(=O)(=O)N2CCOCC2)ccc1Cl)C(=O)N1CCOCC1. The molecule has 2 aliphatic rings. The van der Waals surface area contributed by atoms with Crippen LogP contribution in [0.5, 0.6) is 0 Å². The third-order valence-electron chi connectivity index (χ3n) is 4.72. The summed E-state index contributed by atoms with van der Waals surface area (Å²) in [6, 6.07) is 3.85. The largest absolute Gasteiger partial charge is 0.449 e. The zero-order chi connectivity index (χ0) is 21.0. The molecule has 1 unspecified atom stereocenters. The van der Waals surface area contributed by atoms with E-state index in [1.807, 2.05) is 0 Å². The molecule has 2 heterocycles. The predicted molar refractivity (Wildman–Crippen MR) is 103 cm³/mol. The standard InChI is InChI=1S/C18H23ClN2O7S/c1-13(17(22)20-4-8-26-9-5-20)28-18(23)15-12-14(2-3-16(15)19)29(24,25)21-6-10-27-11-7-21/h2-3,12-13H,4-11H2,1H3. The molecular formula is C18H23ClN2O7S. The van der Waals surface area contributed by atoms with Gasteiger partial charge in [0.2, 0.25) is 10.0 Å². The summed E-state index contributed by atoms with van der Waals surface area (Å²) in [4.78, 5) is 26.5. The van der Waals surface area contributed by atoms with E-state index in [-0.39, 0.29) is 34.5 Å². The van der Waals surface area contributed by atoms with Crippen molar-refractivity contribution < 1.29 is 32.2 Å². The van der Waals surface area contributed by atoms with Gasteiger partial charge in [-0.25, -0.2) is 13.2 Å². The van der Waals surface area contributed by atoms with E-state index in [4.69, 9.17) is 25.8 Å². The normalized spacial score (nSPS) is 19.6. The maximum Gasteiger partial charge on any atom is 0.340 e. The summed E-state index contributed by atoms with van der Waals surface area (Å²) >= 11 is 6.10. The molecule has 9 nitrogen and oxygen atoms in total. The molecule has 1 amide bonds. The number of morpholine rings is 2. The summed E-state index contributed by atoms with van der Waals surface area (Å²) in [5, 5.41) is 0.0435. The Balaban J connectivity index is 1.74. The number of hydrogen-bond acceptors (Lipinski definition) is 7. The van der Waals surface area contributed by atoms with Crippen molar-refractivity contribution in [2.24, 2.45) is 0 Å². The molecule has 1 aromatic rings. The van der Waals surface area contributed by atoms with Crippen LogP contribution < -0.4 is 0 Å². The maximum absolute atomic E-state index is 12.8. The lowest BCUT2D eigenvalue weighted by Crippen LogP contribution is -2.46. The minimum atomic E-state index is -3.80. The lowest BCUT2D eigenvalue weighted by Gasteiger charge is -2.29. The van der Waals surface area contributed by atoms with Gasteiger partial charge < -0.3 is 19.1 Å². The highest BCUT2D eigenvalue weighted by Gasteiger charge is 2.30. The van der Waals surface area contributed by atoms with Crippen LogP contribution in [0.2, 0.25) is 5.02 Å². The van der Waals surface area contributed by atoms with E-state index < -0.39 is 22.1 Å². The van der Waals surface area contributed by atoms with Gasteiger partial charge in [-0.2, -0.15) is 4.31 Å². The second-order valence-electron chi connectivity index (χ2n) is 6.64. The first-order valence-corrected chi connectivity index (χ1v) is 11.1. The first-order chi connectivity index (χ1) is 13.8. The van der Waals surface area contributed by atoms with Crippen LogP contribution in [0.15, 0.2) is 23.1 Å². The van der Waals surface area contributed by atoms with Gasteiger partial charge in [-0.05, 0) is 25.1 Å². The van der Waals surface area contributed by atoms with Crippen LogP contribution in [0, 0.1) is 0 Å². The third kappa shape index (κ3) is 5.07. The minimum absolute atomic E-state index is 0.0435. The first-order valence-electron chi connectivity index (χ1n) is 9.25. The van der Waals surface area contributed by atoms with Gasteiger partial charge in [0.25, 0.3) is 5.91 Å². The minimum Gasteiger partial charge on any atom is -0.449 e. The van der Waals surface area contributed by atoms with Crippen molar-refractivity contribution in [2.45, 2.75) is 17.9 Å². The lowest BCUT2D eigenvalue weighted by atomic mass is 10.2. The highest BCUT2D eigenvalue weighted by Crippen LogP contribution is 2.24. The van der Waals surface area contributed by atoms with Gasteiger partial charge in [0.1, 0.15) is 0 Å². The molecule has 0 saturated carbocycles. The van der Waals surface area contributed by atoms with Crippen LogP contribution >= 0.6 is 11.6 Å². The molecular weight excluding hydrogens is 424 g/mol. The van der Waals surface area contributed by atoms with Gasteiger partial charge in [0.15, 0.2) is 6.10 Å². The number of hydrogen-bond donors (Lipinski definition) is 0. The van der Waals surface area contributed by atoms with E-state index in [1.165, 1.54) is 29.4 Å². The van der Waals surface area contributed by atoms with E-state index in [0.29, 0.717) is 39.5 Å². The zero-order valence-electron chi connectivity index (χ0n) is 16.0. The quantitative estimate of drug-likeness (QED) is 0.615. The number of carbonyl (C=O) groups is 2. The molecule has 0 aromatic heterocycles. The van der Waals surface area contributed by atoms with E-state index >= 15 is 0 Å². The molecule has 0 bridgehead atoms. The van der Waals surface area contributed by atoms with Crippen LogP contribution in [0.1, 0.15) is 17.3 Å². The number of carbonyl (C=O) groups excluding carboxylic acids is 2. The molecule has 3 rings (SSSR count). The van der Waals surface area contributed by atoms with E-state index in [0.717, 1.165) is 0 Å². The van der Waals surface area contributed by atoms with Gasteiger partial charge in [0.05, 0.1) is 41.9 Å². The summed E-state index contributed by atoms with van der Waals surface area (Å²) in [6.45, 7) is 4.26. The maximum atomic E-state index is 12.8. The molecule has 29 heavy (non-hydrogen) atoms. The topological polar surface area (TPSA) is 102 Å². The molecule has 0 spiro atoms. The third-order valence-corrected chi connectivity index (χ3v) is 6.94. The highest BCUT2D eigenvalue weighted by molar-refractivity contribution is 7.89. The number of esters is 1. The van der Waals surface area contributed by atoms with Gasteiger partial charge in [-0.1, -0.05) is 11.6 Å². The number of benzene rings is 1. The lowest BCUT2D eigenvalue weighted by molar-refractivity contribution is -0.143. The highest BCUT2D eigenvalue weighted by atomic mass is 35.5. The molecule has 1 atom stereocenters. The number of ether oxygens (including phenoxy) is 3. The molecule has 2 saturated heterocycles. The molecule has 0 radical (unpaired) electrons. The van der Waals surface area contributed by atoms with Crippen molar-refractivity contribution in [3.8, 4) is 0 Å². The zero-order valence-corrected chi connectivity index (χ0v) is 17.6. The van der Waals surface area contributed by atoms with Crippen LogP contribution in [0.3, 0.4) is 0 Å². The van der Waals surface area contributed by atoms with Gasteiger partial charge in [-0.15, -0.1) is 0 Å². The number of sulfonamides is 1. The fraction of sp³-hybridized carbons (Fsp3) is 0.556. The Morgan fingerprint density at radius 2 is 1.66 bits per heavy atom. The molecule has 2 aliphatic heterocycles. The molecule has 1 aromatic carbocycles. The molecule has 0 aliphatic carbocycles. The number of rotatable bonds is 5. The van der Waals surface area contributed by atoms with Crippen LogP contribution in [0.25, 0.3) is 0 Å². The smallest absolute Gasteiger partial charge is 0.340 e. The Bertz CT molecular complexity index is 865. The van der Waals surface area contributed by atoms with Crippen molar-refractivity contribution in [1.82, 2.24) is 9.21 Å². The van der Waals surface area contributed by atoms with Gasteiger partial charge >= 0.3 is 5.97 Å². The Hall–Kier alpha value is -1.72. The monoisotopic (exact) mass is 446 g/mol. The Morgan fingerprint density at radius 1 is 1.07 bits per heavy atom. The first kappa shape index (κ1) is 22.0. The van der Waals surface area contributed by atoms with Crippen molar-refractivity contribution >= 4 is 33.5 Å². The summed E-state index contributed by atoms with van der Waals surface area (Å²) in [5.74, 6) is -1.20. The fourth-order valence-electron chi connectivity index (χ4n) is 3.07. The summed E-state index contributed by atoms with van der Waals surface area (Å²) < 4.78 is 42.6.